The van der Waals surface area contributed by atoms with E-state index in [4.69, 9.17) is 5.11 Å². The monoisotopic (exact) mass is 272 g/mol. The molecule has 0 aromatic carbocycles. The fraction of sp³-hybridized carbons (Fsp3) is 0.833. The van der Waals surface area contributed by atoms with Gasteiger partial charge in [-0.1, -0.05) is 13.8 Å². The summed E-state index contributed by atoms with van der Waals surface area (Å²) in [5.74, 6) is 0.0413. The van der Waals surface area contributed by atoms with Crippen LogP contribution in [0.3, 0.4) is 0 Å². The van der Waals surface area contributed by atoms with Gasteiger partial charge in [-0.25, -0.2) is 9.59 Å². The summed E-state index contributed by atoms with van der Waals surface area (Å²) in [5, 5.41) is 12.0. The topological polar surface area (TPSA) is 69.6 Å². The minimum atomic E-state index is -0.915. The number of thioether (sulfide) groups is 1. The molecule has 0 aromatic rings. The number of carboxylic acid groups (broad SMARTS) is 1. The molecule has 102 valence electrons. The fourth-order valence-electron chi connectivity index (χ4n) is 2.66. The Kier molecular flexibility index (Phi) is 3.75. The number of hydrogen-bond donors (Lipinski definition) is 2. The second-order valence-corrected chi connectivity index (χ2v) is 6.88. The Morgan fingerprint density at radius 3 is 2.72 bits per heavy atom. The third-order valence-corrected chi connectivity index (χ3v) is 4.74. The Bertz CT molecular complexity index is 359. The van der Waals surface area contributed by atoms with Crippen molar-refractivity contribution in [1.29, 1.82) is 0 Å². The van der Waals surface area contributed by atoms with Crippen LogP contribution in [0.15, 0.2) is 0 Å². The lowest BCUT2D eigenvalue weighted by Gasteiger charge is -2.24. The lowest BCUT2D eigenvalue weighted by molar-refractivity contribution is -0.140. The largest absolute Gasteiger partial charge is 0.480 e. The van der Waals surface area contributed by atoms with E-state index in [9.17, 15) is 9.59 Å². The first-order valence-corrected chi connectivity index (χ1v) is 7.42. The van der Waals surface area contributed by atoms with E-state index in [1.165, 1.54) is 16.7 Å². The fourth-order valence-corrected chi connectivity index (χ4v) is 3.81. The van der Waals surface area contributed by atoms with Crippen molar-refractivity contribution in [3.63, 3.8) is 0 Å². The number of carboxylic acids is 1. The molecule has 6 heteroatoms. The van der Waals surface area contributed by atoms with E-state index in [0.29, 0.717) is 11.6 Å². The van der Waals surface area contributed by atoms with Crippen LogP contribution >= 0.6 is 11.8 Å². The second-order valence-electron chi connectivity index (χ2n) is 5.88. The Labute approximate surface area is 111 Å². The van der Waals surface area contributed by atoms with Crippen molar-refractivity contribution in [1.82, 2.24) is 10.2 Å². The van der Waals surface area contributed by atoms with Crippen LogP contribution in [0.2, 0.25) is 0 Å². The maximum Gasteiger partial charge on any atom is 0.327 e. The molecule has 1 aliphatic heterocycles. The van der Waals surface area contributed by atoms with E-state index in [1.54, 1.807) is 0 Å². The van der Waals surface area contributed by atoms with Gasteiger partial charge in [-0.15, -0.1) is 11.8 Å². The van der Waals surface area contributed by atoms with E-state index >= 15 is 0 Å². The molecule has 0 aromatic heterocycles. The molecule has 2 amide bonds. The van der Waals surface area contributed by atoms with E-state index in [2.05, 4.69) is 19.2 Å². The van der Waals surface area contributed by atoms with Crippen molar-refractivity contribution < 1.29 is 14.7 Å². The zero-order chi connectivity index (χ0) is 13.3. The summed E-state index contributed by atoms with van der Waals surface area (Å²) in [6.07, 6.45) is 3.06. The van der Waals surface area contributed by atoms with Gasteiger partial charge in [-0.2, -0.15) is 0 Å². The third-order valence-electron chi connectivity index (χ3n) is 3.72. The Balaban J connectivity index is 1.90. The average Bonchev–Trinajstić information content (AvgIpc) is 2.84. The zero-order valence-electron chi connectivity index (χ0n) is 10.8. The number of carbonyl (C=O) groups excluding carboxylic acids is 1. The zero-order valence-corrected chi connectivity index (χ0v) is 11.6. The molecule has 0 bridgehead atoms. The Hall–Kier alpha value is -0.910. The quantitative estimate of drug-likeness (QED) is 0.803. The molecule has 5 nitrogen and oxygen atoms in total. The van der Waals surface area contributed by atoms with Gasteiger partial charge in [0.1, 0.15) is 6.04 Å². The number of nitrogens with zero attached hydrogens (tertiary/aromatic N) is 1. The van der Waals surface area contributed by atoms with E-state index in [-0.39, 0.29) is 17.5 Å². The summed E-state index contributed by atoms with van der Waals surface area (Å²) in [4.78, 5) is 24.5. The predicted octanol–water partition coefficient (Wildman–Crippen LogP) is 1.73. The van der Waals surface area contributed by atoms with Crippen molar-refractivity contribution in [2.45, 2.75) is 45.2 Å². The third kappa shape index (κ3) is 2.91. The molecule has 1 heterocycles. The van der Waals surface area contributed by atoms with Crippen LogP contribution in [-0.2, 0) is 4.79 Å². The van der Waals surface area contributed by atoms with Gasteiger partial charge in [0, 0.05) is 11.8 Å². The predicted molar refractivity (Wildman–Crippen MR) is 70.5 cm³/mol. The van der Waals surface area contributed by atoms with Crippen LogP contribution in [0, 0.1) is 5.41 Å². The number of aliphatic carboxylic acids is 1. The molecule has 1 saturated carbocycles. The van der Waals surface area contributed by atoms with Crippen molar-refractivity contribution in [3.8, 4) is 0 Å². The molecule has 2 N–H and O–H groups in total. The van der Waals surface area contributed by atoms with Crippen LogP contribution in [0.1, 0.15) is 33.1 Å². The normalized spacial score (nSPS) is 30.4. The molecule has 2 rings (SSSR count). The number of hydrogen-bond acceptors (Lipinski definition) is 3. The van der Waals surface area contributed by atoms with Crippen LogP contribution in [-0.4, -0.2) is 45.7 Å². The van der Waals surface area contributed by atoms with Crippen LogP contribution < -0.4 is 5.32 Å². The number of rotatable bonds is 2. The van der Waals surface area contributed by atoms with Crippen molar-refractivity contribution >= 4 is 23.8 Å². The van der Waals surface area contributed by atoms with E-state index < -0.39 is 12.0 Å². The molecule has 0 radical (unpaired) electrons. The number of amides is 2. The minimum absolute atomic E-state index is 0.188. The van der Waals surface area contributed by atoms with Gasteiger partial charge in [0.15, 0.2) is 0 Å². The van der Waals surface area contributed by atoms with Gasteiger partial charge >= 0.3 is 12.0 Å². The van der Waals surface area contributed by atoms with Gasteiger partial charge in [-0.05, 0) is 24.7 Å². The van der Waals surface area contributed by atoms with Crippen LogP contribution in [0.5, 0.6) is 0 Å². The molecule has 2 unspecified atom stereocenters. The summed E-state index contributed by atoms with van der Waals surface area (Å²) in [5.41, 5.74) is 0.282. The van der Waals surface area contributed by atoms with Crippen molar-refractivity contribution in [2.24, 2.45) is 5.41 Å². The molecular weight excluding hydrogens is 252 g/mol. The highest BCUT2D eigenvalue weighted by molar-refractivity contribution is 7.99. The number of carbonyl (C=O) groups is 2. The molecule has 1 saturated heterocycles. The number of urea groups is 1. The maximum absolute atomic E-state index is 12.1. The Morgan fingerprint density at radius 2 is 2.17 bits per heavy atom. The molecule has 0 spiro atoms. The van der Waals surface area contributed by atoms with Gasteiger partial charge in [0.2, 0.25) is 0 Å². The van der Waals surface area contributed by atoms with Gasteiger partial charge < -0.3 is 15.3 Å². The van der Waals surface area contributed by atoms with Gasteiger partial charge in [0.05, 0.1) is 5.88 Å². The summed E-state index contributed by atoms with van der Waals surface area (Å²) < 4.78 is 0. The molecule has 18 heavy (non-hydrogen) atoms. The van der Waals surface area contributed by atoms with Crippen LogP contribution in [0.4, 0.5) is 4.79 Å². The highest BCUT2D eigenvalue weighted by atomic mass is 32.2. The standard InChI is InChI=1S/C12H20N2O3S/c1-12(2)4-3-8(5-12)13-11(17)14-7-18-6-9(14)10(15)16/h8-9H,3-7H2,1-2H3,(H,13,17)(H,15,16). The summed E-state index contributed by atoms with van der Waals surface area (Å²) in [7, 11) is 0. The molecule has 2 atom stereocenters. The van der Waals surface area contributed by atoms with Crippen molar-refractivity contribution in [3.05, 3.63) is 0 Å². The maximum atomic E-state index is 12.1. The molecule has 2 aliphatic rings. The van der Waals surface area contributed by atoms with Crippen molar-refractivity contribution in [2.75, 3.05) is 11.6 Å². The first-order valence-electron chi connectivity index (χ1n) is 6.27. The Morgan fingerprint density at radius 1 is 1.44 bits per heavy atom. The van der Waals surface area contributed by atoms with E-state index in [1.807, 2.05) is 0 Å². The summed E-state index contributed by atoms with van der Waals surface area (Å²) in [6, 6.07) is -0.716. The smallest absolute Gasteiger partial charge is 0.327 e. The molecule has 2 fully saturated rings. The van der Waals surface area contributed by atoms with Gasteiger partial charge in [0.25, 0.3) is 0 Å². The lowest BCUT2D eigenvalue weighted by Crippen LogP contribution is -2.49. The highest BCUT2D eigenvalue weighted by Gasteiger charge is 2.37. The van der Waals surface area contributed by atoms with E-state index in [0.717, 1.165) is 19.3 Å². The second kappa shape index (κ2) is 4.99. The van der Waals surface area contributed by atoms with Gasteiger partial charge in [-0.3, -0.25) is 0 Å². The molecular formula is C12H20N2O3S. The highest BCUT2D eigenvalue weighted by Crippen LogP contribution is 2.37. The SMILES string of the molecule is CC1(C)CCC(NC(=O)N2CSCC2C(=O)O)C1. The first kappa shape index (κ1) is 13.5. The first-order chi connectivity index (χ1) is 8.39. The summed E-state index contributed by atoms with van der Waals surface area (Å²) >= 11 is 1.49. The minimum Gasteiger partial charge on any atom is -0.480 e. The van der Waals surface area contributed by atoms with Crippen LogP contribution in [0.25, 0.3) is 0 Å². The molecule has 1 aliphatic carbocycles. The average molecular weight is 272 g/mol. The summed E-state index contributed by atoms with van der Waals surface area (Å²) in [6.45, 7) is 4.40. The number of nitrogens with one attached hydrogen (secondary N) is 1. The lowest BCUT2D eigenvalue weighted by atomic mass is 9.92.